The Morgan fingerprint density at radius 2 is 1.92 bits per heavy atom. The van der Waals surface area contributed by atoms with Crippen LogP contribution in [0.1, 0.15) is 83.6 Å². The van der Waals surface area contributed by atoms with Gasteiger partial charge in [-0.1, -0.05) is 18.0 Å². The van der Waals surface area contributed by atoms with E-state index in [9.17, 15) is 18.4 Å². The molecular formula is C37H39ClF2N8O3. The number of alkyl halides is 2. The van der Waals surface area contributed by atoms with Gasteiger partial charge in [0.2, 0.25) is 0 Å². The predicted octanol–water partition coefficient (Wildman–Crippen LogP) is 6.41. The van der Waals surface area contributed by atoms with E-state index in [4.69, 9.17) is 32.0 Å². The smallest absolute Gasteiger partial charge is 0.387 e. The normalized spacial score (nSPS) is 22.4. The number of hydrogen-bond donors (Lipinski definition) is 2. The molecule has 3 aliphatic rings. The number of carbonyl (C=O) groups excluding carboxylic acids is 2. The van der Waals surface area contributed by atoms with Crippen molar-refractivity contribution < 1.29 is 23.1 Å². The van der Waals surface area contributed by atoms with Crippen LogP contribution in [-0.2, 0) is 20.0 Å². The second kappa shape index (κ2) is 13.2. The molecule has 4 bridgehead atoms. The molecule has 0 spiro atoms. The molecule has 266 valence electrons. The fourth-order valence-corrected chi connectivity index (χ4v) is 8.37. The molecule has 0 radical (unpaired) electrons. The van der Waals surface area contributed by atoms with Gasteiger partial charge >= 0.3 is 6.61 Å². The lowest BCUT2D eigenvalue weighted by Crippen LogP contribution is -2.51. The van der Waals surface area contributed by atoms with E-state index in [1.165, 1.54) is 6.07 Å². The molecule has 2 fully saturated rings. The van der Waals surface area contributed by atoms with Gasteiger partial charge in [0.05, 0.1) is 34.2 Å². The van der Waals surface area contributed by atoms with Crippen LogP contribution in [0.25, 0.3) is 33.6 Å². The number of hydrogen-bond acceptors (Lipinski definition) is 7. The first-order chi connectivity index (χ1) is 24.5. The first-order valence-electron chi connectivity index (χ1n) is 17.5. The lowest BCUT2D eigenvalue weighted by atomic mass is 9.94. The summed E-state index contributed by atoms with van der Waals surface area (Å²) in [7, 11) is 1.76. The number of fused-ring (bicyclic) bond motifs is 5. The summed E-state index contributed by atoms with van der Waals surface area (Å²) in [6.45, 7) is -0.181. The van der Waals surface area contributed by atoms with Crippen molar-refractivity contribution in [2.75, 3.05) is 6.54 Å². The third-order valence-electron chi connectivity index (χ3n) is 10.8. The van der Waals surface area contributed by atoms with Crippen molar-refractivity contribution >= 4 is 45.5 Å². The summed E-state index contributed by atoms with van der Waals surface area (Å²) in [4.78, 5) is 43.5. The molecule has 5 aromatic rings. The average molecular weight is 717 g/mol. The number of piperidine rings is 1. The zero-order valence-electron chi connectivity index (χ0n) is 28.4. The average Bonchev–Trinajstić information content (AvgIpc) is 3.79. The minimum absolute atomic E-state index is 0.0821. The van der Waals surface area contributed by atoms with Gasteiger partial charge in [-0.2, -0.15) is 8.78 Å². The molecule has 6 heterocycles. The Hall–Kier alpha value is -4.62. The standard InChI is InChI=1S/C37H39ClF2N8O3/c1-19-26-11-8-21-16-29(47(33(21)44-26)13-5-3-4-6-27-24(35(49)42-19)10-12-31(38)43-27)34-45-28-15-22(17-30(51-37(39)40)32(28)46(34)2)36(50)48-18-25(41)20-7-9-23(48)14-20/h8,10-12,15-17,19-20,23,25,37H,3-7,9,13-14,18,41H2,1-2H3,(H,42,49)/t19-,20-,23+,25+/m1/s1. The van der Waals surface area contributed by atoms with Crippen LogP contribution < -0.4 is 15.8 Å². The van der Waals surface area contributed by atoms with Crippen LogP contribution in [-0.4, -0.2) is 66.0 Å². The lowest BCUT2D eigenvalue weighted by molar-refractivity contribution is -0.0490. The van der Waals surface area contributed by atoms with E-state index < -0.39 is 12.7 Å². The SMILES string of the molecule is C[C@H]1NC(=O)c2ccc(Cl)nc2CCCCCn2c(-c3nc4cc(C(=O)N5C[C@H](N)[C@@H]6CC[C@H]5C6)cc(OC(F)F)c4n3C)cc3ccc1nc32. The van der Waals surface area contributed by atoms with E-state index in [-0.39, 0.29) is 35.2 Å². The molecule has 3 N–H and O–H groups in total. The van der Waals surface area contributed by atoms with Gasteiger partial charge in [0.1, 0.15) is 16.3 Å². The van der Waals surface area contributed by atoms with E-state index in [0.717, 1.165) is 55.3 Å². The fraction of sp³-hybridized carbons (Fsp3) is 0.432. The third kappa shape index (κ3) is 6.09. The number of nitrogens with one attached hydrogen (secondary N) is 1. The summed E-state index contributed by atoms with van der Waals surface area (Å²) in [5.74, 6) is 0.299. The number of aromatic nitrogens is 5. The summed E-state index contributed by atoms with van der Waals surface area (Å²) in [6.07, 6.45) is 5.74. The van der Waals surface area contributed by atoms with Crippen molar-refractivity contribution in [1.82, 2.24) is 34.3 Å². The second-order valence-corrected chi connectivity index (χ2v) is 14.4. The molecule has 8 rings (SSSR count). The molecule has 2 aliphatic heterocycles. The van der Waals surface area contributed by atoms with Crippen molar-refractivity contribution in [2.45, 2.75) is 83.2 Å². The summed E-state index contributed by atoms with van der Waals surface area (Å²) >= 11 is 6.20. The number of benzene rings is 1. The van der Waals surface area contributed by atoms with Gasteiger partial charge in [0, 0.05) is 43.2 Å². The lowest BCUT2D eigenvalue weighted by Gasteiger charge is -2.37. The topological polar surface area (TPSA) is 133 Å². The van der Waals surface area contributed by atoms with Crippen molar-refractivity contribution in [3.8, 4) is 17.3 Å². The number of amides is 2. The number of imidazole rings is 1. The van der Waals surface area contributed by atoms with Crippen LogP contribution in [0.15, 0.2) is 42.5 Å². The first kappa shape index (κ1) is 33.5. The maximum atomic E-state index is 13.9. The number of nitrogens with zero attached hydrogens (tertiary/aromatic N) is 6. The molecule has 14 heteroatoms. The number of rotatable bonds is 4. The molecule has 1 aromatic carbocycles. The van der Waals surface area contributed by atoms with Crippen molar-refractivity contribution in [1.29, 1.82) is 0 Å². The molecule has 2 amide bonds. The number of likely N-dealkylation sites (tertiary alicyclic amines) is 1. The van der Waals surface area contributed by atoms with E-state index in [2.05, 4.69) is 14.9 Å². The Morgan fingerprint density at radius 1 is 1.08 bits per heavy atom. The maximum Gasteiger partial charge on any atom is 0.387 e. The van der Waals surface area contributed by atoms with Gasteiger partial charge in [-0.3, -0.25) is 9.59 Å². The molecular weight excluding hydrogens is 678 g/mol. The molecule has 11 nitrogen and oxygen atoms in total. The fourth-order valence-electron chi connectivity index (χ4n) is 8.21. The zero-order chi connectivity index (χ0) is 35.6. The molecule has 4 atom stereocenters. The molecule has 1 saturated heterocycles. The van der Waals surface area contributed by atoms with Gasteiger partial charge in [0.15, 0.2) is 11.6 Å². The highest BCUT2D eigenvalue weighted by atomic mass is 35.5. The second-order valence-electron chi connectivity index (χ2n) is 14.0. The number of aryl methyl sites for hydroxylation is 3. The molecule has 1 aliphatic carbocycles. The molecule has 0 unspecified atom stereocenters. The Labute approximate surface area is 298 Å². The van der Waals surface area contributed by atoms with Crippen LogP contribution in [0.4, 0.5) is 8.78 Å². The Morgan fingerprint density at radius 3 is 2.75 bits per heavy atom. The molecule has 51 heavy (non-hydrogen) atoms. The largest absolute Gasteiger partial charge is 0.432 e. The summed E-state index contributed by atoms with van der Waals surface area (Å²) in [6, 6.07) is 11.8. The van der Waals surface area contributed by atoms with Gasteiger partial charge in [-0.25, -0.2) is 15.0 Å². The summed E-state index contributed by atoms with van der Waals surface area (Å²) < 4.78 is 36.6. The van der Waals surface area contributed by atoms with Crippen molar-refractivity contribution in [3.63, 3.8) is 0 Å². The highest BCUT2D eigenvalue weighted by Crippen LogP contribution is 2.39. The minimum atomic E-state index is -3.10. The van der Waals surface area contributed by atoms with Crippen molar-refractivity contribution in [2.24, 2.45) is 18.7 Å². The number of pyridine rings is 2. The molecule has 1 saturated carbocycles. The Kier molecular flexibility index (Phi) is 8.66. The van der Waals surface area contributed by atoms with E-state index in [0.29, 0.717) is 64.4 Å². The molecule has 4 aromatic heterocycles. The van der Waals surface area contributed by atoms with Crippen LogP contribution in [0.2, 0.25) is 5.15 Å². The highest BCUT2D eigenvalue weighted by molar-refractivity contribution is 6.29. The predicted molar refractivity (Wildman–Crippen MR) is 189 cm³/mol. The quantitative estimate of drug-likeness (QED) is 0.206. The summed E-state index contributed by atoms with van der Waals surface area (Å²) in [5.41, 5.74) is 10.7. The monoisotopic (exact) mass is 716 g/mol. The minimum Gasteiger partial charge on any atom is -0.432 e. The third-order valence-corrected chi connectivity index (χ3v) is 11.0. The van der Waals surface area contributed by atoms with Crippen LogP contribution in [0, 0.1) is 5.92 Å². The van der Waals surface area contributed by atoms with Gasteiger partial charge in [-0.05, 0) is 93.8 Å². The van der Waals surface area contributed by atoms with Crippen LogP contribution in [0.3, 0.4) is 0 Å². The number of ether oxygens (including phenoxy) is 1. The number of carbonyl (C=O) groups is 2. The zero-order valence-corrected chi connectivity index (χ0v) is 29.2. The van der Waals surface area contributed by atoms with Crippen molar-refractivity contribution in [3.05, 3.63) is 70.1 Å². The van der Waals surface area contributed by atoms with Gasteiger partial charge in [-0.15, -0.1) is 0 Å². The number of halogens is 3. The van der Waals surface area contributed by atoms with Crippen LogP contribution in [0.5, 0.6) is 5.75 Å². The van der Waals surface area contributed by atoms with E-state index in [1.54, 1.807) is 34.7 Å². The number of nitrogens with two attached hydrogens (primary N) is 1. The van der Waals surface area contributed by atoms with Crippen LogP contribution >= 0.6 is 11.6 Å². The van der Waals surface area contributed by atoms with Gasteiger partial charge < -0.3 is 29.8 Å². The highest BCUT2D eigenvalue weighted by Gasteiger charge is 2.41. The summed E-state index contributed by atoms with van der Waals surface area (Å²) in [5, 5.41) is 4.27. The van der Waals surface area contributed by atoms with E-state index in [1.807, 2.05) is 25.1 Å². The first-order valence-corrected chi connectivity index (χ1v) is 17.9. The van der Waals surface area contributed by atoms with E-state index >= 15 is 0 Å². The van der Waals surface area contributed by atoms with Gasteiger partial charge in [0.25, 0.3) is 11.8 Å². The Balaban J connectivity index is 1.20. The Bertz CT molecular complexity index is 2180. The maximum absolute atomic E-state index is 13.9.